The van der Waals surface area contributed by atoms with Gasteiger partial charge < -0.3 is 0 Å². The first-order chi connectivity index (χ1) is 11.1. The summed E-state index contributed by atoms with van der Waals surface area (Å²) in [7, 11) is 0. The van der Waals surface area contributed by atoms with E-state index in [1.54, 1.807) is 30.3 Å². The number of ketones is 2. The van der Waals surface area contributed by atoms with E-state index in [-0.39, 0.29) is 11.1 Å². The minimum Gasteiger partial charge on any atom is -0.293 e. The maximum absolute atomic E-state index is 13.1. The quantitative estimate of drug-likeness (QED) is 0.723. The van der Waals surface area contributed by atoms with Gasteiger partial charge in [-0.05, 0) is 0 Å². The van der Waals surface area contributed by atoms with Gasteiger partial charge in [0.05, 0.1) is 0 Å². The molecule has 0 fully saturated rings. The molecule has 5 heteroatoms. The van der Waals surface area contributed by atoms with Gasteiger partial charge in [-0.3, -0.25) is 9.59 Å². The largest absolute Gasteiger partial charge is 0.293 e. The Labute approximate surface area is 131 Å². The lowest BCUT2D eigenvalue weighted by Gasteiger charge is -2.23. The van der Waals surface area contributed by atoms with Crippen molar-refractivity contribution in [1.82, 2.24) is 0 Å². The molecule has 0 aliphatic rings. The third kappa shape index (κ3) is 3.18. The lowest BCUT2D eigenvalue weighted by Crippen LogP contribution is -2.39. The second kappa shape index (κ2) is 7.22. The molecule has 2 aromatic rings. The van der Waals surface area contributed by atoms with Crippen LogP contribution in [-0.4, -0.2) is 31.6 Å². The fourth-order valence-electron chi connectivity index (χ4n) is 2.20. The highest BCUT2D eigenvalue weighted by molar-refractivity contribution is 6.16. The van der Waals surface area contributed by atoms with Gasteiger partial charge in [0.1, 0.15) is 25.4 Å². The number of hydrogen-bond acceptors (Lipinski definition) is 2. The van der Waals surface area contributed by atoms with Crippen molar-refractivity contribution in [2.24, 2.45) is 5.41 Å². The Morgan fingerprint density at radius 3 is 1.74 bits per heavy atom. The lowest BCUT2D eigenvalue weighted by atomic mass is 9.81. The van der Waals surface area contributed by atoms with Crippen LogP contribution in [0.15, 0.2) is 54.6 Å². The summed E-state index contributed by atoms with van der Waals surface area (Å²) >= 11 is 0. The van der Waals surface area contributed by atoms with Crippen LogP contribution in [0.5, 0.6) is 0 Å². The van der Waals surface area contributed by atoms with E-state index in [0.29, 0.717) is 5.56 Å². The van der Waals surface area contributed by atoms with Crippen LogP contribution < -0.4 is 0 Å². The molecular weight excluding hydrogens is 305 g/mol. The summed E-state index contributed by atoms with van der Waals surface area (Å²) < 4.78 is 39.4. The van der Waals surface area contributed by atoms with Crippen molar-refractivity contribution in [2.45, 2.75) is 0 Å². The van der Waals surface area contributed by atoms with Crippen LogP contribution in [0.1, 0.15) is 26.3 Å². The molecule has 0 bridgehead atoms. The Morgan fingerprint density at radius 1 is 0.739 bits per heavy atom. The number of carbonyl (C=O) groups is 2. The minimum atomic E-state index is -2.38. The van der Waals surface area contributed by atoms with E-state index in [0.717, 1.165) is 0 Å². The Kier molecular flexibility index (Phi) is 5.32. The molecule has 0 amide bonds. The number of Topliss-reactive ketones (excluding diaryl/α,β-unsaturated/α-hetero) is 1. The highest BCUT2D eigenvalue weighted by Gasteiger charge is 2.41. The Bertz CT molecular complexity index is 686. The smallest absolute Gasteiger partial charge is 0.193 e. The lowest BCUT2D eigenvalue weighted by molar-refractivity contribution is 0.0596. The topological polar surface area (TPSA) is 34.1 Å². The van der Waals surface area contributed by atoms with Crippen molar-refractivity contribution < 1.29 is 22.8 Å². The first-order valence-corrected chi connectivity index (χ1v) is 7.01. The normalized spacial score (nSPS) is 11.3. The molecule has 0 atom stereocenters. The summed E-state index contributed by atoms with van der Waals surface area (Å²) in [5, 5.41) is 0. The van der Waals surface area contributed by atoms with E-state index in [4.69, 9.17) is 0 Å². The van der Waals surface area contributed by atoms with Crippen LogP contribution in [0.4, 0.5) is 13.2 Å². The molecule has 2 nitrogen and oxygen atoms in total. The van der Waals surface area contributed by atoms with Crippen molar-refractivity contribution in [2.75, 3.05) is 20.0 Å². The van der Waals surface area contributed by atoms with Gasteiger partial charge in [-0.2, -0.15) is 0 Å². The monoisotopic (exact) mass is 320 g/mol. The molecule has 0 heterocycles. The van der Waals surface area contributed by atoms with Crippen LogP contribution in [0.25, 0.3) is 0 Å². The van der Waals surface area contributed by atoms with Crippen molar-refractivity contribution in [3.8, 4) is 0 Å². The Hall–Kier alpha value is -2.43. The Balaban J connectivity index is 2.50. The van der Waals surface area contributed by atoms with E-state index in [1.807, 2.05) is 0 Å². The van der Waals surface area contributed by atoms with Crippen LogP contribution in [0, 0.1) is 5.41 Å². The first-order valence-electron chi connectivity index (χ1n) is 7.01. The summed E-state index contributed by atoms with van der Waals surface area (Å²) in [5.74, 6) is -1.50. The molecule has 0 radical (unpaired) electrons. The summed E-state index contributed by atoms with van der Waals surface area (Å²) in [6.45, 7) is -4.40. The van der Waals surface area contributed by atoms with E-state index in [2.05, 4.69) is 0 Å². The first kappa shape index (κ1) is 16.9. The summed E-state index contributed by atoms with van der Waals surface area (Å²) in [6, 6.07) is 13.9. The maximum atomic E-state index is 13.1. The fourth-order valence-corrected chi connectivity index (χ4v) is 2.20. The molecule has 2 rings (SSSR count). The van der Waals surface area contributed by atoms with E-state index in [9.17, 15) is 22.8 Å². The van der Waals surface area contributed by atoms with Crippen LogP contribution in [0.2, 0.25) is 0 Å². The predicted molar refractivity (Wildman–Crippen MR) is 81.0 cm³/mol. The number of hydrogen-bond donors (Lipinski definition) is 0. The van der Waals surface area contributed by atoms with E-state index >= 15 is 0 Å². The molecule has 0 aromatic heterocycles. The second-order valence-corrected chi connectivity index (χ2v) is 5.25. The van der Waals surface area contributed by atoms with Gasteiger partial charge in [0, 0.05) is 16.7 Å². The number of alkyl halides is 3. The number of halogens is 3. The highest BCUT2D eigenvalue weighted by Crippen LogP contribution is 2.28. The van der Waals surface area contributed by atoms with Gasteiger partial charge >= 0.3 is 0 Å². The summed E-state index contributed by atoms with van der Waals surface area (Å²) in [6.07, 6.45) is 0. The highest BCUT2D eigenvalue weighted by atomic mass is 19.1. The van der Waals surface area contributed by atoms with Gasteiger partial charge in [-0.25, -0.2) is 13.2 Å². The van der Waals surface area contributed by atoms with E-state index < -0.39 is 37.0 Å². The Morgan fingerprint density at radius 2 is 1.22 bits per heavy atom. The van der Waals surface area contributed by atoms with Crippen molar-refractivity contribution in [3.05, 3.63) is 71.3 Å². The molecule has 0 saturated carbocycles. The average Bonchev–Trinajstić information content (AvgIpc) is 2.63. The number of rotatable bonds is 7. The minimum absolute atomic E-state index is 0.00317. The number of benzene rings is 2. The molecule has 23 heavy (non-hydrogen) atoms. The zero-order valence-electron chi connectivity index (χ0n) is 12.3. The third-order valence-corrected chi connectivity index (χ3v) is 3.70. The standard InChI is InChI=1S/C18H15F3O2/c19-10-18(11-20,12-21)17(23)15-9-5-4-8-14(15)16(22)13-6-2-1-3-7-13/h1-9H,10-12H2. The zero-order chi connectivity index (χ0) is 16.9. The maximum Gasteiger partial charge on any atom is 0.193 e. The SMILES string of the molecule is O=C(c1ccccc1)c1ccccc1C(=O)C(CF)(CF)CF. The van der Waals surface area contributed by atoms with Crippen molar-refractivity contribution in [3.63, 3.8) is 0 Å². The molecular formula is C18H15F3O2. The van der Waals surface area contributed by atoms with Crippen LogP contribution in [0.3, 0.4) is 0 Å². The van der Waals surface area contributed by atoms with Crippen molar-refractivity contribution >= 4 is 11.6 Å². The third-order valence-electron chi connectivity index (χ3n) is 3.70. The van der Waals surface area contributed by atoms with Gasteiger partial charge in [0.15, 0.2) is 11.6 Å². The summed E-state index contributed by atoms with van der Waals surface area (Å²) in [5.41, 5.74) is -2.22. The molecule has 0 aliphatic carbocycles. The molecule has 120 valence electrons. The summed E-state index contributed by atoms with van der Waals surface area (Å²) in [4.78, 5) is 25.0. The van der Waals surface area contributed by atoms with Gasteiger partial charge in [0.25, 0.3) is 0 Å². The van der Waals surface area contributed by atoms with Gasteiger partial charge in [-0.15, -0.1) is 0 Å². The van der Waals surface area contributed by atoms with Gasteiger partial charge in [0.2, 0.25) is 0 Å². The molecule has 0 saturated heterocycles. The second-order valence-electron chi connectivity index (χ2n) is 5.25. The molecule has 0 unspecified atom stereocenters. The molecule has 0 spiro atoms. The average molecular weight is 320 g/mol. The zero-order valence-corrected chi connectivity index (χ0v) is 12.3. The fraction of sp³-hybridized carbons (Fsp3) is 0.222. The van der Waals surface area contributed by atoms with Crippen LogP contribution in [-0.2, 0) is 0 Å². The molecule has 2 aromatic carbocycles. The van der Waals surface area contributed by atoms with E-state index in [1.165, 1.54) is 24.3 Å². The predicted octanol–water partition coefficient (Wildman–Crippen LogP) is 4.00. The number of carbonyl (C=O) groups excluding carboxylic acids is 2. The van der Waals surface area contributed by atoms with Gasteiger partial charge in [-0.1, -0.05) is 54.6 Å². The molecule has 0 aliphatic heterocycles. The van der Waals surface area contributed by atoms with Crippen LogP contribution >= 0.6 is 0 Å². The molecule has 0 N–H and O–H groups in total. The van der Waals surface area contributed by atoms with Crippen molar-refractivity contribution in [1.29, 1.82) is 0 Å².